The van der Waals surface area contributed by atoms with E-state index >= 15 is 0 Å². The molecular formula is C21H19FN2O3. The predicted octanol–water partition coefficient (Wildman–Crippen LogP) is 4.20. The van der Waals surface area contributed by atoms with E-state index in [-0.39, 0.29) is 22.8 Å². The summed E-state index contributed by atoms with van der Waals surface area (Å²) in [5.74, 6) is -1.10. The van der Waals surface area contributed by atoms with Gasteiger partial charge in [0.1, 0.15) is 17.5 Å². The molecule has 2 aromatic carbocycles. The second-order valence-corrected chi connectivity index (χ2v) is 5.56. The average Bonchev–Trinajstić information content (AvgIpc) is 2.65. The largest absolute Gasteiger partial charge is 0.504 e. The van der Waals surface area contributed by atoms with Crippen LogP contribution >= 0.6 is 0 Å². The van der Waals surface area contributed by atoms with Crippen LogP contribution < -0.4 is 10.1 Å². The normalized spacial score (nSPS) is 10.8. The van der Waals surface area contributed by atoms with Crippen LogP contribution in [-0.2, 0) is 11.2 Å². The highest BCUT2D eigenvalue weighted by Gasteiger charge is 2.14. The molecular weight excluding hydrogens is 347 g/mol. The van der Waals surface area contributed by atoms with Crippen molar-refractivity contribution in [2.45, 2.75) is 13.3 Å². The number of nitriles is 1. The fourth-order valence-electron chi connectivity index (χ4n) is 2.42. The van der Waals surface area contributed by atoms with Crippen LogP contribution in [0, 0.1) is 17.1 Å². The van der Waals surface area contributed by atoms with Gasteiger partial charge < -0.3 is 15.2 Å². The number of rotatable bonds is 7. The van der Waals surface area contributed by atoms with E-state index in [9.17, 15) is 19.6 Å². The molecule has 0 aliphatic carbocycles. The third-order valence-electron chi connectivity index (χ3n) is 3.64. The zero-order chi connectivity index (χ0) is 19.8. The van der Waals surface area contributed by atoms with Crippen LogP contribution in [-0.4, -0.2) is 17.6 Å². The van der Waals surface area contributed by atoms with Crippen LogP contribution in [0.25, 0.3) is 6.08 Å². The second-order valence-electron chi connectivity index (χ2n) is 5.56. The van der Waals surface area contributed by atoms with E-state index < -0.39 is 11.7 Å². The van der Waals surface area contributed by atoms with Crippen molar-refractivity contribution < 1.29 is 19.0 Å². The van der Waals surface area contributed by atoms with Crippen molar-refractivity contribution in [3.05, 3.63) is 71.6 Å². The van der Waals surface area contributed by atoms with Crippen LogP contribution in [0.2, 0.25) is 0 Å². The summed E-state index contributed by atoms with van der Waals surface area (Å²) in [6.07, 6.45) is 3.36. The molecule has 5 nitrogen and oxygen atoms in total. The molecule has 0 saturated heterocycles. The molecule has 0 aromatic heterocycles. The summed E-state index contributed by atoms with van der Waals surface area (Å²) in [4.78, 5) is 12.3. The monoisotopic (exact) mass is 366 g/mol. The van der Waals surface area contributed by atoms with Gasteiger partial charge in [-0.05, 0) is 49.2 Å². The second kappa shape index (κ2) is 9.20. The van der Waals surface area contributed by atoms with E-state index in [0.29, 0.717) is 24.2 Å². The molecule has 0 aliphatic rings. The molecule has 0 saturated carbocycles. The Morgan fingerprint density at radius 2 is 2.15 bits per heavy atom. The molecule has 0 radical (unpaired) electrons. The molecule has 1 amide bonds. The predicted molar refractivity (Wildman–Crippen MR) is 102 cm³/mol. The molecule has 0 aliphatic heterocycles. The lowest BCUT2D eigenvalue weighted by atomic mass is 10.0. The molecule has 0 bridgehead atoms. The van der Waals surface area contributed by atoms with Gasteiger partial charge in [-0.1, -0.05) is 18.2 Å². The van der Waals surface area contributed by atoms with Gasteiger partial charge in [-0.3, -0.25) is 4.79 Å². The summed E-state index contributed by atoms with van der Waals surface area (Å²) < 4.78 is 19.1. The Morgan fingerprint density at radius 3 is 2.78 bits per heavy atom. The first-order valence-corrected chi connectivity index (χ1v) is 8.27. The van der Waals surface area contributed by atoms with E-state index in [1.165, 1.54) is 30.3 Å². The van der Waals surface area contributed by atoms with Gasteiger partial charge in [0.2, 0.25) is 0 Å². The number of nitrogens with one attached hydrogen (secondary N) is 1. The van der Waals surface area contributed by atoms with Crippen LogP contribution in [0.4, 0.5) is 10.1 Å². The molecule has 6 heteroatoms. The van der Waals surface area contributed by atoms with Crippen molar-refractivity contribution in [3.8, 4) is 17.6 Å². The lowest BCUT2D eigenvalue weighted by Gasteiger charge is -2.11. The van der Waals surface area contributed by atoms with Crippen molar-refractivity contribution in [3.63, 3.8) is 0 Å². The maximum Gasteiger partial charge on any atom is 0.266 e. The summed E-state index contributed by atoms with van der Waals surface area (Å²) >= 11 is 0. The quantitative estimate of drug-likeness (QED) is 0.437. The van der Waals surface area contributed by atoms with E-state index in [4.69, 9.17) is 4.74 Å². The van der Waals surface area contributed by atoms with Gasteiger partial charge in [0, 0.05) is 5.56 Å². The van der Waals surface area contributed by atoms with E-state index in [1.807, 2.05) is 6.07 Å². The fraction of sp³-hybridized carbons (Fsp3) is 0.143. The first kappa shape index (κ1) is 19.7. The third-order valence-corrected chi connectivity index (χ3v) is 3.64. The Balaban J connectivity index is 2.38. The lowest BCUT2D eigenvalue weighted by Crippen LogP contribution is -2.14. The van der Waals surface area contributed by atoms with Crippen LogP contribution in [0.3, 0.4) is 0 Å². The average molecular weight is 366 g/mol. The minimum absolute atomic E-state index is 0.0109. The minimum atomic E-state index is -0.737. The summed E-state index contributed by atoms with van der Waals surface area (Å²) in [5.41, 5.74) is 0.815. The molecule has 0 spiro atoms. The number of aromatic hydroxyl groups is 1. The van der Waals surface area contributed by atoms with E-state index in [2.05, 4.69) is 11.9 Å². The summed E-state index contributed by atoms with van der Waals surface area (Å²) in [7, 11) is 0. The molecule has 138 valence electrons. The Bertz CT molecular complexity index is 930. The zero-order valence-electron chi connectivity index (χ0n) is 14.8. The number of allylic oxidation sites excluding steroid dienone is 1. The highest BCUT2D eigenvalue weighted by atomic mass is 19.1. The number of amides is 1. The minimum Gasteiger partial charge on any atom is -0.504 e. The first-order chi connectivity index (χ1) is 13.0. The molecule has 0 fully saturated rings. The summed E-state index contributed by atoms with van der Waals surface area (Å²) in [6, 6.07) is 10.7. The molecule has 2 aromatic rings. The van der Waals surface area contributed by atoms with Crippen molar-refractivity contribution in [1.29, 1.82) is 5.26 Å². The van der Waals surface area contributed by atoms with Gasteiger partial charge in [0.05, 0.1) is 12.3 Å². The Morgan fingerprint density at radius 1 is 1.41 bits per heavy atom. The number of nitrogens with zero attached hydrogens (tertiary/aromatic N) is 1. The molecule has 0 atom stereocenters. The molecule has 27 heavy (non-hydrogen) atoms. The van der Waals surface area contributed by atoms with Crippen LogP contribution in [0.5, 0.6) is 11.5 Å². The number of benzene rings is 2. The first-order valence-electron chi connectivity index (χ1n) is 8.27. The molecule has 2 rings (SSSR count). The van der Waals surface area contributed by atoms with Crippen LogP contribution in [0.15, 0.2) is 54.6 Å². The number of para-hydroxylation sites is 1. The third kappa shape index (κ3) is 4.95. The summed E-state index contributed by atoms with van der Waals surface area (Å²) in [6.45, 7) is 5.76. The smallest absolute Gasteiger partial charge is 0.266 e. The van der Waals surface area contributed by atoms with Gasteiger partial charge in [-0.15, -0.1) is 6.58 Å². The number of hydrogen-bond acceptors (Lipinski definition) is 4. The highest BCUT2D eigenvalue weighted by Crippen LogP contribution is 2.33. The molecule has 0 unspecified atom stereocenters. The number of anilines is 1. The number of hydrogen-bond donors (Lipinski definition) is 2. The number of carbonyl (C=O) groups excluding carboxylic acids is 1. The topological polar surface area (TPSA) is 82.4 Å². The maximum absolute atomic E-state index is 13.7. The van der Waals surface area contributed by atoms with Gasteiger partial charge >= 0.3 is 0 Å². The molecule has 2 N–H and O–H groups in total. The van der Waals surface area contributed by atoms with Gasteiger partial charge in [-0.25, -0.2) is 4.39 Å². The zero-order valence-corrected chi connectivity index (χ0v) is 14.8. The maximum atomic E-state index is 13.7. The van der Waals surface area contributed by atoms with E-state index in [1.54, 1.807) is 25.1 Å². The Labute approximate surface area is 157 Å². The standard InChI is InChI=1S/C21H19FN2O3/c1-3-7-15-10-14(12-19(20(15)25)27-4-2)11-16(13-23)21(26)24-18-9-6-5-8-17(18)22/h3,5-6,8-12,25H,1,4,7H2,2H3,(H,24,26)/b16-11+. The van der Waals surface area contributed by atoms with Crippen LogP contribution in [0.1, 0.15) is 18.1 Å². The lowest BCUT2D eigenvalue weighted by molar-refractivity contribution is -0.112. The Hall–Kier alpha value is -3.59. The number of phenols is 1. The fourth-order valence-corrected chi connectivity index (χ4v) is 2.42. The SMILES string of the molecule is C=CCc1cc(/C=C(\C#N)C(=O)Nc2ccccc2F)cc(OCC)c1O. The number of carbonyl (C=O) groups is 1. The van der Waals surface area contributed by atoms with Crippen molar-refractivity contribution in [1.82, 2.24) is 0 Å². The van der Waals surface area contributed by atoms with E-state index in [0.717, 1.165) is 0 Å². The number of phenolic OH excluding ortho intramolecular Hbond substituents is 1. The molecule has 0 heterocycles. The number of ether oxygens (including phenoxy) is 1. The van der Waals surface area contributed by atoms with Crippen molar-refractivity contribution >= 4 is 17.7 Å². The van der Waals surface area contributed by atoms with Gasteiger partial charge in [0.25, 0.3) is 5.91 Å². The Kier molecular flexibility index (Phi) is 6.73. The van der Waals surface area contributed by atoms with Gasteiger partial charge in [-0.2, -0.15) is 5.26 Å². The number of halogens is 1. The van der Waals surface area contributed by atoms with Gasteiger partial charge in [0.15, 0.2) is 11.5 Å². The van der Waals surface area contributed by atoms with Crippen molar-refractivity contribution in [2.75, 3.05) is 11.9 Å². The van der Waals surface area contributed by atoms with Crippen molar-refractivity contribution in [2.24, 2.45) is 0 Å². The highest BCUT2D eigenvalue weighted by molar-refractivity contribution is 6.09. The summed E-state index contributed by atoms with van der Waals surface area (Å²) in [5, 5.41) is 21.9.